The minimum absolute atomic E-state index is 0.301. The summed E-state index contributed by atoms with van der Waals surface area (Å²) in [6.07, 6.45) is 1.20. The molecular formula is C13H13ClO2S2. The van der Waals surface area contributed by atoms with E-state index in [2.05, 4.69) is 0 Å². The predicted molar refractivity (Wildman–Crippen MR) is 76.3 cm³/mol. The van der Waals surface area contributed by atoms with E-state index in [9.17, 15) is 8.42 Å². The molecular weight excluding hydrogens is 288 g/mol. The van der Waals surface area contributed by atoms with Gasteiger partial charge in [-0.3, -0.25) is 0 Å². The van der Waals surface area contributed by atoms with E-state index in [1.54, 1.807) is 29.5 Å². The molecule has 2 aromatic rings. The summed E-state index contributed by atoms with van der Waals surface area (Å²) in [5.41, 5.74) is 0.807. The Morgan fingerprint density at radius 3 is 2.50 bits per heavy atom. The van der Waals surface area contributed by atoms with Gasteiger partial charge in [0.1, 0.15) is 0 Å². The van der Waals surface area contributed by atoms with Crippen LogP contribution in [0.15, 0.2) is 41.3 Å². The smallest absolute Gasteiger partial charge is 0.175 e. The van der Waals surface area contributed by atoms with E-state index < -0.39 is 9.84 Å². The summed E-state index contributed by atoms with van der Waals surface area (Å²) in [5.74, 6) is 0. The number of sulfone groups is 1. The Balaban J connectivity index is 2.40. The van der Waals surface area contributed by atoms with Gasteiger partial charge in [-0.1, -0.05) is 12.1 Å². The molecule has 18 heavy (non-hydrogen) atoms. The Labute approximate surface area is 116 Å². The van der Waals surface area contributed by atoms with Crippen molar-refractivity contribution in [3.05, 3.63) is 51.7 Å². The van der Waals surface area contributed by atoms with Gasteiger partial charge >= 0.3 is 0 Å². The highest BCUT2D eigenvalue weighted by Crippen LogP contribution is 2.34. The van der Waals surface area contributed by atoms with Gasteiger partial charge in [-0.15, -0.1) is 22.9 Å². The number of alkyl halides is 1. The first-order valence-corrected chi connectivity index (χ1v) is 8.53. The molecule has 0 amide bonds. The highest BCUT2D eigenvalue weighted by Gasteiger charge is 2.15. The van der Waals surface area contributed by atoms with Crippen LogP contribution in [0.25, 0.3) is 0 Å². The second kappa shape index (κ2) is 5.03. The number of hydrogen-bond acceptors (Lipinski definition) is 3. The van der Waals surface area contributed by atoms with Crippen LogP contribution in [0.5, 0.6) is 0 Å². The lowest BCUT2D eigenvalue weighted by molar-refractivity contribution is 0.602. The first-order chi connectivity index (χ1) is 8.38. The second-order valence-electron chi connectivity index (χ2n) is 4.16. The van der Waals surface area contributed by atoms with Crippen molar-refractivity contribution in [2.45, 2.75) is 17.2 Å². The summed E-state index contributed by atoms with van der Waals surface area (Å²) in [4.78, 5) is 2.52. The largest absolute Gasteiger partial charge is 0.224 e. The van der Waals surface area contributed by atoms with Crippen LogP contribution in [0.4, 0.5) is 0 Å². The summed E-state index contributed by atoms with van der Waals surface area (Å²) in [6, 6.07) is 10.8. The zero-order valence-electron chi connectivity index (χ0n) is 10.1. The second-order valence-corrected chi connectivity index (χ2v) is 7.93. The van der Waals surface area contributed by atoms with Crippen LogP contribution < -0.4 is 0 Å². The fourth-order valence-corrected chi connectivity index (χ4v) is 3.56. The summed E-state index contributed by atoms with van der Waals surface area (Å²) in [5, 5.41) is -0.301. The third-order valence-electron chi connectivity index (χ3n) is 2.59. The van der Waals surface area contributed by atoms with Crippen LogP contribution >= 0.6 is 22.9 Å². The third-order valence-corrected chi connectivity index (χ3v) is 5.38. The lowest BCUT2D eigenvalue weighted by Gasteiger charge is -2.09. The molecule has 0 bridgehead atoms. The lowest BCUT2D eigenvalue weighted by Crippen LogP contribution is -1.99. The van der Waals surface area contributed by atoms with Crippen LogP contribution in [0.3, 0.4) is 0 Å². The molecule has 0 saturated carbocycles. The van der Waals surface area contributed by atoms with Crippen molar-refractivity contribution in [1.29, 1.82) is 0 Å². The van der Waals surface area contributed by atoms with Crippen LogP contribution in [0.1, 0.15) is 20.7 Å². The third kappa shape index (κ3) is 2.94. The summed E-state index contributed by atoms with van der Waals surface area (Å²) < 4.78 is 23.0. The molecule has 0 aliphatic carbocycles. The average molecular weight is 301 g/mol. The number of hydrogen-bond donors (Lipinski definition) is 0. The first-order valence-electron chi connectivity index (χ1n) is 5.38. The van der Waals surface area contributed by atoms with E-state index in [0.29, 0.717) is 4.90 Å². The minimum atomic E-state index is -3.19. The Morgan fingerprint density at radius 2 is 1.94 bits per heavy atom. The topological polar surface area (TPSA) is 34.1 Å². The number of thiophene rings is 1. The molecule has 1 heterocycles. The number of benzene rings is 1. The molecule has 1 unspecified atom stereocenters. The van der Waals surface area contributed by atoms with Crippen molar-refractivity contribution in [2.75, 3.05) is 6.26 Å². The van der Waals surface area contributed by atoms with Crippen molar-refractivity contribution in [2.24, 2.45) is 0 Å². The van der Waals surface area contributed by atoms with Crippen LogP contribution in [-0.2, 0) is 9.84 Å². The molecule has 1 atom stereocenters. The standard InChI is InChI=1S/C13H13ClO2S2/c1-9-6-7-12(17-9)13(14)10-4-3-5-11(8-10)18(2,15)16/h3-8,13H,1-2H3. The fourth-order valence-electron chi connectivity index (χ4n) is 1.66. The average Bonchev–Trinajstić information content (AvgIpc) is 2.74. The Hall–Kier alpha value is -0.840. The summed E-state index contributed by atoms with van der Waals surface area (Å²) >= 11 is 8.01. The SMILES string of the molecule is Cc1ccc(C(Cl)c2cccc(S(C)(=O)=O)c2)s1. The number of halogens is 1. The number of rotatable bonds is 3. The molecule has 1 aromatic heterocycles. The van der Waals surface area contributed by atoms with Gasteiger partial charge in [0.2, 0.25) is 0 Å². The van der Waals surface area contributed by atoms with Gasteiger partial charge in [0.05, 0.1) is 10.3 Å². The molecule has 0 radical (unpaired) electrons. The van der Waals surface area contributed by atoms with Crippen molar-refractivity contribution >= 4 is 32.8 Å². The first kappa shape index (κ1) is 13.6. The van der Waals surface area contributed by atoms with Gasteiger partial charge in [-0.25, -0.2) is 8.42 Å². The Kier molecular flexibility index (Phi) is 3.80. The highest BCUT2D eigenvalue weighted by molar-refractivity contribution is 7.90. The number of aryl methyl sites for hydroxylation is 1. The highest BCUT2D eigenvalue weighted by atomic mass is 35.5. The van der Waals surface area contributed by atoms with Crippen molar-refractivity contribution in [3.63, 3.8) is 0 Å². The monoisotopic (exact) mass is 300 g/mol. The van der Waals surface area contributed by atoms with Crippen molar-refractivity contribution < 1.29 is 8.42 Å². The van der Waals surface area contributed by atoms with Crippen molar-refractivity contribution in [3.8, 4) is 0 Å². The maximum Gasteiger partial charge on any atom is 0.175 e. The van der Waals surface area contributed by atoms with Crippen molar-refractivity contribution in [1.82, 2.24) is 0 Å². The van der Waals surface area contributed by atoms with Gasteiger partial charge in [0.15, 0.2) is 9.84 Å². The van der Waals surface area contributed by atoms with E-state index in [1.165, 1.54) is 11.1 Å². The quantitative estimate of drug-likeness (QED) is 0.808. The van der Waals surface area contributed by atoms with Gasteiger partial charge in [0, 0.05) is 16.0 Å². The minimum Gasteiger partial charge on any atom is -0.224 e. The summed E-state index contributed by atoms with van der Waals surface area (Å²) in [7, 11) is -3.19. The molecule has 0 N–H and O–H groups in total. The fraction of sp³-hybridized carbons (Fsp3) is 0.231. The maximum atomic E-state index is 11.5. The normalized spacial score (nSPS) is 13.5. The van der Waals surface area contributed by atoms with Gasteiger partial charge in [-0.2, -0.15) is 0 Å². The van der Waals surface area contributed by atoms with Crippen LogP contribution in [0, 0.1) is 6.92 Å². The van der Waals surface area contributed by atoms with E-state index in [1.807, 2.05) is 25.1 Å². The van der Waals surface area contributed by atoms with Gasteiger partial charge < -0.3 is 0 Å². The molecule has 0 spiro atoms. The lowest BCUT2D eigenvalue weighted by atomic mass is 10.1. The van der Waals surface area contributed by atoms with E-state index in [0.717, 1.165) is 10.4 Å². The van der Waals surface area contributed by atoms with Gasteiger partial charge in [0.25, 0.3) is 0 Å². The Bertz CT molecular complexity index is 659. The maximum absolute atomic E-state index is 11.5. The zero-order valence-corrected chi connectivity index (χ0v) is 12.4. The van der Waals surface area contributed by atoms with Crippen LogP contribution in [-0.4, -0.2) is 14.7 Å². The summed E-state index contributed by atoms with van der Waals surface area (Å²) in [6.45, 7) is 2.02. The zero-order chi connectivity index (χ0) is 13.3. The van der Waals surface area contributed by atoms with E-state index in [4.69, 9.17) is 11.6 Å². The molecule has 0 aliphatic heterocycles. The molecule has 96 valence electrons. The molecule has 1 aromatic carbocycles. The Morgan fingerprint density at radius 1 is 1.22 bits per heavy atom. The van der Waals surface area contributed by atoms with Gasteiger partial charge in [-0.05, 0) is 36.8 Å². The molecule has 0 fully saturated rings. The molecule has 0 saturated heterocycles. The predicted octanol–water partition coefficient (Wildman–Crippen LogP) is 3.79. The van der Waals surface area contributed by atoms with E-state index in [-0.39, 0.29) is 5.38 Å². The van der Waals surface area contributed by atoms with E-state index >= 15 is 0 Å². The van der Waals surface area contributed by atoms with Crippen LogP contribution in [0.2, 0.25) is 0 Å². The molecule has 2 nitrogen and oxygen atoms in total. The molecule has 2 rings (SSSR count). The molecule has 5 heteroatoms. The molecule has 0 aliphatic rings.